The third-order valence-corrected chi connectivity index (χ3v) is 11.6. The summed E-state index contributed by atoms with van der Waals surface area (Å²) in [6, 6.07) is 2.48. The Labute approximate surface area is 316 Å². The predicted molar refractivity (Wildman–Crippen MR) is 201 cm³/mol. The molecule has 8 rings (SSSR count). The van der Waals surface area contributed by atoms with E-state index in [1.165, 1.54) is 18.3 Å². The van der Waals surface area contributed by atoms with E-state index >= 15 is 8.78 Å². The molecule has 4 saturated heterocycles. The van der Waals surface area contributed by atoms with Crippen LogP contribution in [0.1, 0.15) is 80.1 Å². The molecule has 3 aromatic heterocycles. The van der Waals surface area contributed by atoms with Crippen LogP contribution in [-0.2, 0) is 9.47 Å². The van der Waals surface area contributed by atoms with Crippen molar-refractivity contribution >= 4 is 55.6 Å². The summed E-state index contributed by atoms with van der Waals surface area (Å²) in [4.78, 5) is 50.7. The molecule has 0 saturated carbocycles. The number of halogens is 2. The number of ether oxygens (including phenoxy) is 3. The van der Waals surface area contributed by atoms with Crippen molar-refractivity contribution in [3.8, 4) is 17.3 Å². The van der Waals surface area contributed by atoms with Crippen LogP contribution in [-0.4, -0.2) is 104 Å². The zero-order valence-electron chi connectivity index (χ0n) is 31.5. The number of piperazine rings is 1. The van der Waals surface area contributed by atoms with E-state index in [9.17, 15) is 9.59 Å². The van der Waals surface area contributed by atoms with Crippen LogP contribution >= 0.6 is 11.3 Å². The Hall–Kier alpha value is -4.44. The van der Waals surface area contributed by atoms with Gasteiger partial charge in [-0.25, -0.2) is 23.4 Å². The Bertz CT molecular complexity index is 2110. The standard InChI is InChI=1S/C38H46F2N8O5S/c1-36(2,3)52-34(49)45-33-43-29-23(11-12-25(39)30(29)54-33)27-26(40)28-24(17-41-27)31(44-32(42-28)51-20-38-13-7-15-47(38)16-8-14-38)46-18-21-9-10-22(19-46)48(21)35(50)53-37(4,5)6/h11-12,17,21-22H,7-10,13-16,18-20H2,1-6H3,(H,43,45,49)/t21-,22+. The van der Waals surface area contributed by atoms with E-state index < -0.39 is 28.9 Å². The first-order valence-electron chi connectivity index (χ1n) is 18.7. The highest BCUT2D eigenvalue weighted by Crippen LogP contribution is 2.42. The maximum absolute atomic E-state index is 17.0. The topological polar surface area (TPSA) is 135 Å². The summed E-state index contributed by atoms with van der Waals surface area (Å²) >= 11 is 0.916. The summed E-state index contributed by atoms with van der Waals surface area (Å²) in [6.45, 7) is 14.1. The molecular weight excluding hydrogens is 719 g/mol. The summed E-state index contributed by atoms with van der Waals surface area (Å²) in [5.74, 6) is -0.833. The molecule has 4 fully saturated rings. The van der Waals surface area contributed by atoms with Gasteiger partial charge in [-0.1, -0.05) is 11.3 Å². The van der Waals surface area contributed by atoms with Crippen LogP contribution in [0, 0.1) is 11.6 Å². The predicted octanol–water partition coefficient (Wildman–Crippen LogP) is 7.52. The maximum Gasteiger partial charge on any atom is 0.413 e. The molecule has 2 atom stereocenters. The van der Waals surface area contributed by atoms with E-state index in [1.807, 2.05) is 25.7 Å². The molecule has 0 spiro atoms. The van der Waals surface area contributed by atoms with Crippen LogP contribution in [0.3, 0.4) is 0 Å². The molecule has 1 N–H and O–H groups in total. The zero-order chi connectivity index (χ0) is 38.2. The number of benzene rings is 1. The molecule has 16 heteroatoms. The SMILES string of the molecule is CC(C)(C)OC(=O)Nc1nc2c(-c3ncc4c(N5C[C@H]6CC[C@@H](C5)N6C(=O)OC(C)(C)C)nc(OCC56CCCN5CCC6)nc4c3F)ccc(F)c2s1. The minimum atomic E-state index is -0.753. The lowest BCUT2D eigenvalue weighted by Crippen LogP contribution is -2.57. The lowest BCUT2D eigenvalue weighted by atomic mass is 9.95. The van der Waals surface area contributed by atoms with Gasteiger partial charge in [0.15, 0.2) is 10.9 Å². The van der Waals surface area contributed by atoms with Gasteiger partial charge < -0.3 is 19.1 Å². The quantitative estimate of drug-likeness (QED) is 0.209. The Morgan fingerprint density at radius 2 is 1.63 bits per heavy atom. The van der Waals surface area contributed by atoms with Gasteiger partial charge in [0.1, 0.15) is 40.7 Å². The second kappa shape index (κ2) is 13.4. The number of amides is 2. The number of nitrogens with zero attached hydrogens (tertiary/aromatic N) is 7. The normalized spacial score (nSPS) is 21.2. The molecule has 4 aliphatic rings. The van der Waals surface area contributed by atoms with Crippen molar-refractivity contribution in [1.82, 2.24) is 29.7 Å². The van der Waals surface area contributed by atoms with Gasteiger partial charge in [-0.2, -0.15) is 9.97 Å². The molecule has 2 bridgehead atoms. The highest BCUT2D eigenvalue weighted by Gasteiger charge is 2.46. The lowest BCUT2D eigenvalue weighted by molar-refractivity contribution is 0.0122. The third-order valence-electron chi connectivity index (χ3n) is 10.7. The Morgan fingerprint density at radius 3 is 2.30 bits per heavy atom. The van der Waals surface area contributed by atoms with Crippen molar-refractivity contribution < 1.29 is 32.6 Å². The largest absolute Gasteiger partial charge is 0.461 e. The summed E-state index contributed by atoms with van der Waals surface area (Å²) in [6.07, 6.45) is 6.30. The Balaban J connectivity index is 1.17. The number of aromatic nitrogens is 4. The molecule has 4 aromatic rings. The molecule has 7 heterocycles. The van der Waals surface area contributed by atoms with Crippen LogP contribution in [0.5, 0.6) is 6.01 Å². The first-order valence-corrected chi connectivity index (χ1v) is 19.5. The highest BCUT2D eigenvalue weighted by molar-refractivity contribution is 7.22. The molecule has 4 aliphatic heterocycles. The minimum Gasteiger partial charge on any atom is -0.461 e. The number of carbonyl (C=O) groups excluding carboxylic acids is 2. The number of fused-ring (bicyclic) bond motifs is 5. The fourth-order valence-electron chi connectivity index (χ4n) is 8.47. The van der Waals surface area contributed by atoms with Crippen LogP contribution < -0.4 is 15.0 Å². The summed E-state index contributed by atoms with van der Waals surface area (Å²) in [7, 11) is 0. The van der Waals surface area contributed by atoms with Gasteiger partial charge in [0.05, 0.1) is 33.2 Å². The lowest BCUT2D eigenvalue weighted by Gasteiger charge is -2.42. The van der Waals surface area contributed by atoms with Gasteiger partial charge in [-0.15, -0.1) is 0 Å². The van der Waals surface area contributed by atoms with Crippen molar-refractivity contribution in [1.29, 1.82) is 0 Å². The summed E-state index contributed by atoms with van der Waals surface area (Å²) < 4.78 is 49.8. The molecular formula is C38H46F2N8O5S. The average molecular weight is 765 g/mol. The fraction of sp³-hybridized carbons (Fsp3) is 0.579. The smallest absolute Gasteiger partial charge is 0.413 e. The van der Waals surface area contributed by atoms with Crippen LogP contribution in [0.4, 0.5) is 29.3 Å². The van der Waals surface area contributed by atoms with Gasteiger partial charge >= 0.3 is 18.2 Å². The van der Waals surface area contributed by atoms with E-state index in [0.29, 0.717) is 30.9 Å². The van der Waals surface area contributed by atoms with Gasteiger partial charge in [-0.05, 0) is 105 Å². The number of thiazole rings is 1. The number of pyridine rings is 1. The Morgan fingerprint density at radius 1 is 0.944 bits per heavy atom. The highest BCUT2D eigenvalue weighted by atomic mass is 32.1. The van der Waals surface area contributed by atoms with E-state index in [-0.39, 0.29) is 61.8 Å². The number of rotatable bonds is 6. The molecule has 0 aliphatic carbocycles. The Kier molecular flexibility index (Phi) is 9.06. The molecule has 2 amide bonds. The van der Waals surface area contributed by atoms with Crippen LogP contribution in [0.25, 0.3) is 32.4 Å². The van der Waals surface area contributed by atoms with E-state index in [1.54, 1.807) is 20.8 Å². The fourth-order valence-corrected chi connectivity index (χ4v) is 9.36. The molecule has 13 nitrogen and oxygen atoms in total. The molecule has 1 aromatic carbocycles. The average Bonchev–Trinajstić information content (AvgIpc) is 3.84. The second-order valence-electron chi connectivity index (χ2n) is 16.8. The minimum absolute atomic E-state index is 0.00827. The molecule has 288 valence electrons. The number of anilines is 2. The summed E-state index contributed by atoms with van der Waals surface area (Å²) in [5.41, 5.74) is -1.17. The van der Waals surface area contributed by atoms with Crippen molar-refractivity contribution in [2.24, 2.45) is 0 Å². The first-order chi connectivity index (χ1) is 25.6. The van der Waals surface area contributed by atoms with Crippen molar-refractivity contribution in [3.05, 3.63) is 30.0 Å². The molecule has 0 unspecified atom stereocenters. The van der Waals surface area contributed by atoms with Gasteiger partial charge in [0.25, 0.3) is 0 Å². The van der Waals surface area contributed by atoms with Gasteiger partial charge in [0.2, 0.25) is 0 Å². The zero-order valence-corrected chi connectivity index (χ0v) is 32.3. The van der Waals surface area contributed by atoms with Gasteiger partial charge in [0, 0.05) is 24.8 Å². The van der Waals surface area contributed by atoms with Crippen LogP contribution in [0.2, 0.25) is 0 Å². The molecule has 0 radical (unpaired) electrons. The van der Waals surface area contributed by atoms with E-state index in [2.05, 4.69) is 30.1 Å². The first kappa shape index (κ1) is 36.5. The van der Waals surface area contributed by atoms with Crippen molar-refractivity contribution in [2.75, 3.05) is 43.0 Å². The monoisotopic (exact) mass is 764 g/mol. The van der Waals surface area contributed by atoms with E-state index in [0.717, 1.165) is 63.0 Å². The second-order valence-corrected chi connectivity index (χ2v) is 17.8. The maximum atomic E-state index is 17.0. The molecule has 54 heavy (non-hydrogen) atoms. The number of nitrogens with one attached hydrogen (secondary N) is 1. The van der Waals surface area contributed by atoms with Crippen molar-refractivity contribution in [3.63, 3.8) is 0 Å². The van der Waals surface area contributed by atoms with Crippen LogP contribution in [0.15, 0.2) is 18.3 Å². The third kappa shape index (κ3) is 6.86. The number of carbonyl (C=O) groups is 2. The van der Waals surface area contributed by atoms with Crippen molar-refractivity contribution in [2.45, 2.75) is 109 Å². The van der Waals surface area contributed by atoms with E-state index in [4.69, 9.17) is 19.2 Å². The number of hydrogen-bond donors (Lipinski definition) is 1. The number of hydrogen-bond acceptors (Lipinski definition) is 12. The summed E-state index contributed by atoms with van der Waals surface area (Å²) in [5, 5.41) is 3.05. The van der Waals surface area contributed by atoms with Gasteiger partial charge in [-0.3, -0.25) is 20.1 Å².